The van der Waals surface area contributed by atoms with Gasteiger partial charge in [-0.3, -0.25) is 14.0 Å². The van der Waals surface area contributed by atoms with E-state index in [1.807, 2.05) is 20.2 Å². The van der Waals surface area contributed by atoms with Crippen LogP contribution in [0.1, 0.15) is 44.5 Å². The minimum Gasteiger partial charge on any atom is -0.870 e. The minimum atomic E-state index is -1.08. The van der Waals surface area contributed by atoms with Crippen LogP contribution in [0.3, 0.4) is 0 Å². The van der Waals surface area contributed by atoms with Crippen LogP contribution >= 0.6 is 44.7 Å². The van der Waals surface area contributed by atoms with Crippen LogP contribution in [0, 0.1) is 0 Å². The van der Waals surface area contributed by atoms with Crippen LogP contribution in [-0.4, -0.2) is 105 Å². The maximum Gasteiger partial charge on any atom is 1.00 e. The van der Waals surface area contributed by atoms with Crippen molar-refractivity contribution in [1.29, 1.82) is 0 Å². The maximum absolute atomic E-state index is 11.2. The summed E-state index contributed by atoms with van der Waals surface area (Å²) < 4.78 is 38.5. The summed E-state index contributed by atoms with van der Waals surface area (Å²) in [5.74, 6) is -1.79. The molecular formula is C34H40BBr2N7NaO12S. The van der Waals surface area contributed by atoms with E-state index in [-0.39, 0.29) is 52.3 Å². The fourth-order valence-electron chi connectivity index (χ4n) is 4.56. The summed E-state index contributed by atoms with van der Waals surface area (Å²) in [5, 5.41) is 27.8. The van der Waals surface area contributed by atoms with E-state index in [0.29, 0.717) is 5.56 Å². The number of hydrogen-bond donors (Lipinski definition) is 3. The second-order valence-corrected chi connectivity index (χ2v) is 12.5. The van der Waals surface area contributed by atoms with Gasteiger partial charge >= 0.3 is 72.2 Å². The number of carboxylic acids is 1. The number of carbonyl (C=O) groups excluding carboxylic acids is 2. The second-order valence-electron chi connectivity index (χ2n) is 10.6. The Kier molecular flexibility index (Phi) is 26.4. The molecule has 1 aliphatic heterocycles. The summed E-state index contributed by atoms with van der Waals surface area (Å²) >= 11 is 9.90. The minimum absolute atomic E-state index is 0. The molecule has 0 spiro atoms. The number of furan rings is 3. The third-order valence-corrected chi connectivity index (χ3v) is 8.22. The molecule has 0 atom stereocenters. The number of esters is 2. The van der Waals surface area contributed by atoms with Gasteiger partial charge < -0.3 is 43.2 Å². The van der Waals surface area contributed by atoms with Crippen LogP contribution in [0.25, 0.3) is 33.8 Å². The summed E-state index contributed by atoms with van der Waals surface area (Å²) in [7, 11) is 13.4. The largest absolute Gasteiger partial charge is 1.00 e. The molecule has 0 aromatic carbocycles. The molecule has 0 bridgehead atoms. The number of aryl methyl sites for hydroxylation is 3. The molecule has 307 valence electrons. The molecule has 0 amide bonds. The number of hydrogen-bond acceptors (Lipinski definition) is 16. The van der Waals surface area contributed by atoms with E-state index in [1.165, 1.54) is 51.9 Å². The normalized spacial score (nSPS) is 10.6. The number of ether oxygens (including phenoxy) is 3. The van der Waals surface area contributed by atoms with E-state index in [9.17, 15) is 14.4 Å². The average Bonchev–Trinajstić information content (AvgIpc) is 4.04. The molecule has 1 fully saturated rings. The van der Waals surface area contributed by atoms with Gasteiger partial charge in [-0.1, -0.05) is 0 Å². The zero-order valence-corrected chi connectivity index (χ0v) is 38.6. The number of halogens is 2. The smallest absolute Gasteiger partial charge is 0.870 e. The predicted molar refractivity (Wildman–Crippen MR) is 215 cm³/mol. The Labute approximate surface area is 378 Å². The summed E-state index contributed by atoms with van der Waals surface area (Å²) in [6.45, 7) is 2.00. The summed E-state index contributed by atoms with van der Waals surface area (Å²) in [6.07, 6.45) is 11.9. The fraction of sp³-hybridized carbons (Fsp3) is 0.294. The second kappa shape index (κ2) is 28.4. The molecule has 3 N–H and O–H groups in total. The molecule has 6 aromatic heterocycles. The van der Waals surface area contributed by atoms with Crippen molar-refractivity contribution < 1.29 is 87.1 Å². The Morgan fingerprint density at radius 1 is 0.776 bits per heavy atom. The number of carboxylic acid groups (broad SMARTS) is 1. The first-order valence-electron chi connectivity index (χ1n) is 15.9. The number of aliphatic hydroxyl groups is 1. The molecule has 0 aliphatic carbocycles. The van der Waals surface area contributed by atoms with E-state index >= 15 is 0 Å². The molecule has 1 radical (unpaired) electrons. The quantitative estimate of drug-likeness (QED) is 0.123. The Balaban J connectivity index is 0.000000740. The van der Waals surface area contributed by atoms with Gasteiger partial charge in [-0.05, 0) is 50.8 Å². The zero-order chi connectivity index (χ0) is 41.8. The van der Waals surface area contributed by atoms with Crippen molar-refractivity contribution in [2.24, 2.45) is 25.4 Å². The van der Waals surface area contributed by atoms with Crippen LogP contribution in [0.15, 0.2) is 88.1 Å². The van der Waals surface area contributed by atoms with Crippen molar-refractivity contribution in [2.45, 2.75) is 12.8 Å². The molecule has 0 unspecified atom stereocenters. The first-order chi connectivity index (χ1) is 26.9. The standard InChI is InChI=1S/C10H9BrN2O3.C10H10N2O3.C9H7BrN2O3.C4H8O.CH4O.BHNS.Na.H2O/c1-13-9(7(11)4-12-13)6-3-8(16-5-6)10(14)15-2;1-12-8(3-4-11-12)7-5-9(15-6-7)10(13)14-2;1-12-8(6(10)3-11-12)5-2-7(9(13)14)15-4-5;1-2-4-5-3-1;1-2;1-2-3;;/h3-5H,1-2H3;3-6H,1-2H3;2-4H,1H3,(H,13,14);1-4H2;2H,1H3;3H;;1H2/q;;;;;;+1;/p-1. The molecular weight excluding hydrogens is 924 g/mol. The van der Waals surface area contributed by atoms with Gasteiger partial charge in [-0.25, -0.2) is 14.4 Å². The molecule has 19 nitrogen and oxygen atoms in total. The van der Waals surface area contributed by atoms with E-state index in [2.05, 4.69) is 81.4 Å². The van der Waals surface area contributed by atoms with Gasteiger partial charge in [0.1, 0.15) is 18.8 Å². The summed E-state index contributed by atoms with van der Waals surface area (Å²) in [4.78, 5) is 33.0. The third kappa shape index (κ3) is 15.9. The number of carbonyl (C=O) groups is 3. The SMILES string of the molecule is C1CCOC1.CO.COC(=O)c1cc(-c2c(Br)cnn2C)co1.COC(=O)c1cc(-c2ccnn2C)co1.Cn1ncc(Br)c1-c1coc(C(=O)O)c1.[B]=NS.[Na+].[OH-]. The van der Waals surface area contributed by atoms with Gasteiger partial charge in [0.15, 0.2) is 0 Å². The van der Waals surface area contributed by atoms with Crippen LogP contribution in [0.5, 0.6) is 0 Å². The van der Waals surface area contributed by atoms with E-state index in [0.717, 1.165) is 57.5 Å². The molecule has 1 saturated heterocycles. The van der Waals surface area contributed by atoms with Crippen molar-refractivity contribution in [3.8, 4) is 33.8 Å². The van der Waals surface area contributed by atoms with E-state index in [1.54, 1.807) is 51.8 Å². The number of methoxy groups -OCH3 is 2. The predicted octanol–water partition coefficient (Wildman–Crippen LogP) is 3.25. The van der Waals surface area contributed by atoms with Crippen molar-refractivity contribution in [2.75, 3.05) is 34.5 Å². The van der Waals surface area contributed by atoms with Gasteiger partial charge in [0.25, 0.3) is 0 Å². The van der Waals surface area contributed by atoms with E-state index in [4.69, 9.17) is 28.2 Å². The van der Waals surface area contributed by atoms with Crippen LogP contribution in [0.2, 0.25) is 0 Å². The molecule has 58 heavy (non-hydrogen) atoms. The van der Waals surface area contributed by atoms with Crippen molar-refractivity contribution in [3.05, 3.63) is 87.9 Å². The number of aromatic nitrogens is 6. The van der Waals surface area contributed by atoms with Gasteiger partial charge in [0.05, 0.1) is 52.6 Å². The Bertz CT molecular complexity index is 2100. The molecule has 1 aliphatic rings. The van der Waals surface area contributed by atoms with Gasteiger partial charge in [-0.2, -0.15) is 15.3 Å². The molecule has 24 heteroatoms. The van der Waals surface area contributed by atoms with E-state index < -0.39 is 17.9 Å². The number of rotatable bonds is 6. The van der Waals surface area contributed by atoms with Crippen molar-refractivity contribution in [3.63, 3.8) is 0 Å². The first-order valence-corrected chi connectivity index (χ1v) is 17.9. The fourth-order valence-corrected chi connectivity index (χ4v) is 5.71. The Morgan fingerprint density at radius 3 is 1.48 bits per heavy atom. The molecule has 7 heterocycles. The Morgan fingerprint density at radius 2 is 1.17 bits per heavy atom. The maximum atomic E-state index is 11.2. The van der Waals surface area contributed by atoms with Crippen molar-refractivity contribution in [1.82, 2.24) is 29.3 Å². The van der Waals surface area contributed by atoms with Crippen LogP contribution in [-0.2, 0) is 35.4 Å². The molecule has 6 aromatic rings. The number of thiol groups is 1. The summed E-state index contributed by atoms with van der Waals surface area (Å²) in [6, 6.07) is 6.55. The van der Waals surface area contributed by atoms with Gasteiger partial charge in [0.2, 0.25) is 17.3 Å². The topological polar surface area (TPSA) is 255 Å². The monoisotopic (exact) mass is 962 g/mol. The van der Waals surface area contributed by atoms with Crippen LogP contribution in [0.4, 0.5) is 0 Å². The summed E-state index contributed by atoms with van der Waals surface area (Å²) in [5.41, 5.74) is 4.76. The Hall–Kier alpha value is -4.07. The average molecular weight is 964 g/mol. The number of aliphatic hydroxyl groups excluding tert-OH is 1. The first kappa shape index (κ1) is 53.9. The third-order valence-electron chi connectivity index (χ3n) is 7.06. The van der Waals surface area contributed by atoms with Crippen molar-refractivity contribution >= 4 is 70.2 Å². The van der Waals surface area contributed by atoms with Gasteiger partial charge in [-0.15, -0.1) is 0 Å². The molecule has 7 rings (SSSR count). The zero-order valence-electron chi connectivity index (χ0n) is 32.5. The number of nitrogens with zero attached hydrogens (tertiary/aromatic N) is 7. The van der Waals surface area contributed by atoms with Crippen LogP contribution < -0.4 is 29.6 Å². The molecule has 0 saturated carbocycles. The number of aromatic carboxylic acids is 1. The van der Waals surface area contributed by atoms with Gasteiger partial charge in [0, 0.05) is 82.6 Å².